The predicted molar refractivity (Wildman–Crippen MR) is 76.4 cm³/mol. The summed E-state index contributed by atoms with van der Waals surface area (Å²) in [6.45, 7) is 6.66. The minimum Gasteiger partial charge on any atom is -0.372 e. The third kappa shape index (κ3) is 4.50. The van der Waals surface area contributed by atoms with Crippen molar-refractivity contribution in [2.75, 3.05) is 17.7 Å². The Balaban J connectivity index is 2.62. The number of hydrogen-bond acceptors (Lipinski definition) is 4. The fraction of sp³-hybridized carbons (Fsp3) is 0.667. The Morgan fingerprint density at radius 2 is 1.82 bits per heavy atom. The normalized spacial score (nSPS) is 12.6. The summed E-state index contributed by atoms with van der Waals surface area (Å²) in [6, 6.07) is 0.410. The second kappa shape index (κ2) is 6.79. The third-order valence-corrected chi connectivity index (χ3v) is 3.34. The largest absolute Gasteiger partial charge is 0.372 e. The summed E-state index contributed by atoms with van der Waals surface area (Å²) >= 11 is 3.50. The Labute approximate surface area is 112 Å². The lowest BCUT2D eigenvalue weighted by Crippen LogP contribution is -2.17. The number of halogens is 1. The first kappa shape index (κ1) is 14.2. The maximum absolute atomic E-state index is 4.24. The van der Waals surface area contributed by atoms with Gasteiger partial charge in [0.2, 0.25) is 0 Å². The summed E-state index contributed by atoms with van der Waals surface area (Å²) in [5, 5.41) is 6.42. The van der Waals surface area contributed by atoms with Gasteiger partial charge in [-0.05, 0) is 41.6 Å². The molecule has 0 saturated carbocycles. The average Bonchev–Trinajstić information content (AvgIpc) is 2.29. The van der Waals surface area contributed by atoms with Crippen molar-refractivity contribution >= 4 is 27.6 Å². The van der Waals surface area contributed by atoms with Gasteiger partial charge in [0.05, 0.1) is 0 Å². The van der Waals surface area contributed by atoms with Gasteiger partial charge < -0.3 is 10.6 Å². The van der Waals surface area contributed by atoms with Gasteiger partial charge in [-0.2, -0.15) is 0 Å². The number of rotatable bonds is 6. The molecule has 1 unspecified atom stereocenters. The van der Waals surface area contributed by atoms with E-state index in [4.69, 9.17) is 0 Å². The highest BCUT2D eigenvalue weighted by Gasteiger charge is 2.10. The first-order chi connectivity index (χ1) is 8.04. The molecular formula is C12H21BrN4. The fourth-order valence-corrected chi connectivity index (χ4v) is 2.05. The zero-order valence-corrected chi connectivity index (χ0v) is 12.5. The molecule has 1 heterocycles. The van der Waals surface area contributed by atoms with Crippen molar-refractivity contribution in [1.29, 1.82) is 0 Å². The minimum absolute atomic E-state index is 0.410. The first-order valence-corrected chi connectivity index (χ1v) is 6.78. The Hall–Kier alpha value is -0.840. The molecule has 5 heteroatoms. The van der Waals surface area contributed by atoms with Crippen LogP contribution in [0.5, 0.6) is 0 Å². The van der Waals surface area contributed by atoms with E-state index in [9.17, 15) is 0 Å². The zero-order valence-electron chi connectivity index (χ0n) is 10.9. The number of anilines is 2. The molecule has 0 aliphatic heterocycles. The fourth-order valence-electron chi connectivity index (χ4n) is 1.53. The first-order valence-electron chi connectivity index (χ1n) is 5.99. The second-order valence-electron chi connectivity index (χ2n) is 4.65. The summed E-state index contributed by atoms with van der Waals surface area (Å²) in [4.78, 5) is 8.37. The van der Waals surface area contributed by atoms with Crippen LogP contribution in [0.3, 0.4) is 0 Å². The molecule has 1 rings (SSSR count). The second-order valence-corrected chi connectivity index (χ2v) is 5.44. The van der Waals surface area contributed by atoms with Crippen LogP contribution in [-0.2, 0) is 0 Å². The Morgan fingerprint density at radius 1 is 1.18 bits per heavy atom. The van der Waals surface area contributed by atoms with Gasteiger partial charge in [0.25, 0.3) is 0 Å². The van der Waals surface area contributed by atoms with Gasteiger partial charge in [0, 0.05) is 13.1 Å². The van der Waals surface area contributed by atoms with Crippen molar-refractivity contribution in [2.24, 2.45) is 5.92 Å². The van der Waals surface area contributed by atoms with Crippen molar-refractivity contribution < 1.29 is 0 Å². The van der Waals surface area contributed by atoms with Crippen LogP contribution in [0.25, 0.3) is 0 Å². The molecule has 96 valence electrons. The van der Waals surface area contributed by atoms with Gasteiger partial charge in [0.15, 0.2) is 0 Å². The quantitative estimate of drug-likeness (QED) is 0.844. The number of hydrogen-bond donors (Lipinski definition) is 2. The molecule has 0 aromatic carbocycles. The van der Waals surface area contributed by atoms with Gasteiger partial charge in [-0.3, -0.25) is 0 Å². The number of aromatic nitrogens is 2. The van der Waals surface area contributed by atoms with Gasteiger partial charge >= 0.3 is 0 Å². The number of nitrogens with one attached hydrogen (secondary N) is 2. The highest BCUT2D eigenvalue weighted by molar-refractivity contribution is 9.10. The summed E-state index contributed by atoms with van der Waals surface area (Å²) in [7, 11) is 1.85. The maximum Gasteiger partial charge on any atom is 0.146 e. The standard InChI is InChI=1S/C12H21BrN4/c1-8(2)5-6-9(3)17-12-10(13)11(14-4)15-7-16-12/h7-9H,5-6H2,1-4H3,(H2,14,15,16,17). The van der Waals surface area contributed by atoms with Gasteiger partial charge in [-0.1, -0.05) is 13.8 Å². The molecular weight excluding hydrogens is 280 g/mol. The Kier molecular flexibility index (Phi) is 5.68. The number of nitrogens with zero attached hydrogens (tertiary/aromatic N) is 2. The third-order valence-electron chi connectivity index (χ3n) is 2.59. The molecule has 0 amide bonds. The van der Waals surface area contributed by atoms with E-state index in [2.05, 4.69) is 57.3 Å². The Bertz CT molecular complexity index is 354. The molecule has 0 saturated heterocycles. The Morgan fingerprint density at radius 3 is 2.41 bits per heavy atom. The van der Waals surface area contributed by atoms with Gasteiger partial charge in [-0.25, -0.2) is 9.97 Å². The van der Waals surface area contributed by atoms with E-state index < -0.39 is 0 Å². The van der Waals surface area contributed by atoms with Crippen molar-refractivity contribution in [2.45, 2.75) is 39.7 Å². The lowest BCUT2D eigenvalue weighted by Gasteiger charge is -2.17. The van der Waals surface area contributed by atoms with Crippen LogP contribution < -0.4 is 10.6 Å². The van der Waals surface area contributed by atoms with Crippen molar-refractivity contribution in [3.8, 4) is 0 Å². The highest BCUT2D eigenvalue weighted by Crippen LogP contribution is 2.26. The van der Waals surface area contributed by atoms with E-state index in [1.165, 1.54) is 6.42 Å². The van der Waals surface area contributed by atoms with E-state index in [1.807, 2.05) is 7.05 Å². The minimum atomic E-state index is 0.410. The van der Waals surface area contributed by atoms with Crippen LogP contribution in [0.1, 0.15) is 33.6 Å². The summed E-state index contributed by atoms with van der Waals surface area (Å²) < 4.78 is 0.888. The van der Waals surface area contributed by atoms with Gasteiger partial charge in [0.1, 0.15) is 22.4 Å². The SMILES string of the molecule is CNc1ncnc(NC(C)CCC(C)C)c1Br. The van der Waals surface area contributed by atoms with Crippen LogP contribution in [0.15, 0.2) is 10.8 Å². The van der Waals surface area contributed by atoms with E-state index in [-0.39, 0.29) is 0 Å². The van der Waals surface area contributed by atoms with Crippen molar-refractivity contribution in [3.63, 3.8) is 0 Å². The lowest BCUT2D eigenvalue weighted by molar-refractivity contribution is 0.527. The molecule has 2 N–H and O–H groups in total. The molecule has 17 heavy (non-hydrogen) atoms. The summed E-state index contributed by atoms with van der Waals surface area (Å²) in [5.74, 6) is 2.39. The van der Waals surface area contributed by atoms with Crippen LogP contribution in [-0.4, -0.2) is 23.1 Å². The molecule has 4 nitrogen and oxygen atoms in total. The average molecular weight is 301 g/mol. The van der Waals surface area contributed by atoms with E-state index in [1.54, 1.807) is 6.33 Å². The maximum atomic E-state index is 4.24. The summed E-state index contributed by atoms with van der Waals surface area (Å²) in [6.07, 6.45) is 3.92. The summed E-state index contributed by atoms with van der Waals surface area (Å²) in [5.41, 5.74) is 0. The van der Waals surface area contributed by atoms with Gasteiger partial charge in [-0.15, -0.1) is 0 Å². The monoisotopic (exact) mass is 300 g/mol. The smallest absolute Gasteiger partial charge is 0.146 e. The zero-order chi connectivity index (χ0) is 12.8. The lowest BCUT2D eigenvalue weighted by atomic mass is 10.0. The molecule has 0 bridgehead atoms. The molecule has 1 aromatic rings. The van der Waals surface area contributed by atoms with Crippen LogP contribution in [0.2, 0.25) is 0 Å². The van der Waals surface area contributed by atoms with Crippen LogP contribution in [0.4, 0.5) is 11.6 Å². The predicted octanol–water partition coefficient (Wildman–Crippen LogP) is 3.52. The molecule has 0 aliphatic rings. The molecule has 0 aliphatic carbocycles. The van der Waals surface area contributed by atoms with Crippen LogP contribution in [0, 0.1) is 5.92 Å². The molecule has 0 spiro atoms. The van der Waals surface area contributed by atoms with Crippen LogP contribution >= 0.6 is 15.9 Å². The van der Waals surface area contributed by atoms with E-state index in [0.29, 0.717) is 6.04 Å². The van der Waals surface area contributed by atoms with Crippen molar-refractivity contribution in [3.05, 3.63) is 10.8 Å². The molecule has 1 aromatic heterocycles. The van der Waals surface area contributed by atoms with E-state index in [0.717, 1.165) is 28.4 Å². The van der Waals surface area contributed by atoms with E-state index >= 15 is 0 Å². The highest BCUT2D eigenvalue weighted by atomic mass is 79.9. The molecule has 1 atom stereocenters. The van der Waals surface area contributed by atoms with Crippen molar-refractivity contribution in [1.82, 2.24) is 9.97 Å². The topological polar surface area (TPSA) is 49.8 Å². The molecule has 0 fully saturated rings. The molecule has 0 radical (unpaired) electrons.